The van der Waals surface area contributed by atoms with E-state index in [1.165, 1.54) is 5.56 Å². The second kappa shape index (κ2) is 11.5. The lowest BCUT2D eigenvalue weighted by atomic mass is 9.83. The predicted octanol–water partition coefficient (Wildman–Crippen LogP) is 5.04. The Kier molecular flexibility index (Phi) is 8.71. The van der Waals surface area contributed by atoms with Crippen molar-refractivity contribution in [1.29, 1.82) is 0 Å². The summed E-state index contributed by atoms with van der Waals surface area (Å²) in [6.07, 6.45) is 0.569. The highest BCUT2D eigenvalue weighted by Gasteiger charge is 2.31. The van der Waals surface area contributed by atoms with Gasteiger partial charge in [-0.2, -0.15) is 0 Å². The fraction of sp³-hybridized carbons (Fsp3) is 0.333. The van der Waals surface area contributed by atoms with Crippen molar-refractivity contribution in [3.8, 4) is 5.75 Å². The molecule has 3 aromatic rings. The second-order valence-electron chi connectivity index (χ2n) is 8.37. The SMILES string of the molecule is COc1ccc(C(O)(CCN(C)CCN(C)Cc2ccccc2)c2ccc(Cl)cc2)cc1. The van der Waals surface area contributed by atoms with Gasteiger partial charge in [0.1, 0.15) is 11.4 Å². The third-order valence-corrected chi connectivity index (χ3v) is 6.16. The minimum atomic E-state index is -1.11. The van der Waals surface area contributed by atoms with Crippen molar-refractivity contribution in [2.24, 2.45) is 0 Å². The topological polar surface area (TPSA) is 35.9 Å². The van der Waals surface area contributed by atoms with Crippen LogP contribution in [0.4, 0.5) is 0 Å². The molecule has 0 aliphatic rings. The molecule has 0 bridgehead atoms. The van der Waals surface area contributed by atoms with E-state index < -0.39 is 5.60 Å². The van der Waals surface area contributed by atoms with E-state index in [9.17, 15) is 5.11 Å². The van der Waals surface area contributed by atoms with Gasteiger partial charge >= 0.3 is 0 Å². The van der Waals surface area contributed by atoms with Gasteiger partial charge in [-0.3, -0.25) is 0 Å². The molecule has 1 unspecified atom stereocenters. The van der Waals surface area contributed by atoms with Gasteiger partial charge in [-0.25, -0.2) is 0 Å². The van der Waals surface area contributed by atoms with E-state index in [4.69, 9.17) is 16.3 Å². The number of ether oxygens (including phenoxy) is 1. The van der Waals surface area contributed by atoms with E-state index in [1.807, 2.05) is 54.6 Å². The van der Waals surface area contributed by atoms with Crippen LogP contribution in [0.1, 0.15) is 23.1 Å². The van der Waals surface area contributed by atoms with Crippen molar-refractivity contribution in [2.75, 3.05) is 40.8 Å². The normalized spacial score (nSPS) is 13.3. The molecule has 0 radical (unpaired) electrons. The van der Waals surface area contributed by atoms with Crippen LogP contribution < -0.4 is 4.74 Å². The molecule has 0 fully saturated rings. The van der Waals surface area contributed by atoms with Crippen molar-refractivity contribution in [2.45, 2.75) is 18.6 Å². The van der Waals surface area contributed by atoms with E-state index in [0.29, 0.717) is 11.4 Å². The van der Waals surface area contributed by atoms with Crippen LogP contribution in [0.5, 0.6) is 5.75 Å². The van der Waals surface area contributed by atoms with Crippen LogP contribution in [0.25, 0.3) is 0 Å². The van der Waals surface area contributed by atoms with Crippen LogP contribution in [0.3, 0.4) is 0 Å². The first-order chi connectivity index (χ1) is 15.4. The summed E-state index contributed by atoms with van der Waals surface area (Å²) in [7, 11) is 5.89. The number of benzene rings is 3. The number of aliphatic hydroxyl groups is 1. The molecule has 0 spiro atoms. The Bertz CT molecular complexity index is 948. The minimum absolute atomic E-state index is 0.569. The smallest absolute Gasteiger partial charge is 0.118 e. The molecule has 1 atom stereocenters. The van der Waals surface area contributed by atoms with Crippen molar-refractivity contribution in [3.63, 3.8) is 0 Å². The average Bonchev–Trinajstić information content (AvgIpc) is 2.82. The lowest BCUT2D eigenvalue weighted by molar-refractivity contribution is 0.0594. The molecule has 5 heteroatoms. The molecule has 0 saturated carbocycles. The van der Waals surface area contributed by atoms with Gasteiger partial charge < -0.3 is 19.6 Å². The van der Waals surface area contributed by atoms with E-state index in [2.05, 4.69) is 48.2 Å². The van der Waals surface area contributed by atoms with E-state index >= 15 is 0 Å². The van der Waals surface area contributed by atoms with Gasteiger partial charge in [0, 0.05) is 31.2 Å². The largest absolute Gasteiger partial charge is 0.497 e. The Labute approximate surface area is 197 Å². The molecule has 32 heavy (non-hydrogen) atoms. The van der Waals surface area contributed by atoms with Gasteiger partial charge in [0.05, 0.1) is 7.11 Å². The predicted molar refractivity (Wildman–Crippen MR) is 132 cm³/mol. The number of methoxy groups -OCH3 is 1. The first-order valence-electron chi connectivity index (χ1n) is 10.9. The maximum Gasteiger partial charge on any atom is 0.118 e. The zero-order valence-corrected chi connectivity index (χ0v) is 19.9. The first kappa shape index (κ1) is 24.3. The van der Waals surface area contributed by atoms with Crippen LogP contribution in [0.2, 0.25) is 5.02 Å². The maximum absolute atomic E-state index is 11.8. The van der Waals surface area contributed by atoms with Crippen molar-refractivity contribution < 1.29 is 9.84 Å². The zero-order chi connectivity index (χ0) is 23.0. The molecule has 3 aromatic carbocycles. The van der Waals surface area contributed by atoms with Gasteiger partial charge in [-0.1, -0.05) is 66.2 Å². The molecule has 0 saturated heterocycles. The third-order valence-electron chi connectivity index (χ3n) is 5.90. The van der Waals surface area contributed by atoms with E-state index in [1.54, 1.807) is 7.11 Å². The molecule has 0 aliphatic heterocycles. The Morgan fingerprint density at radius 2 is 1.34 bits per heavy atom. The van der Waals surface area contributed by atoms with Crippen molar-refractivity contribution in [3.05, 3.63) is 101 Å². The summed E-state index contributed by atoms with van der Waals surface area (Å²) in [6.45, 7) is 3.55. The molecule has 0 aromatic heterocycles. The highest BCUT2D eigenvalue weighted by molar-refractivity contribution is 6.30. The molecule has 1 N–H and O–H groups in total. The highest BCUT2D eigenvalue weighted by atomic mass is 35.5. The summed E-state index contributed by atoms with van der Waals surface area (Å²) in [6, 6.07) is 25.6. The Morgan fingerprint density at radius 1 is 0.781 bits per heavy atom. The summed E-state index contributed by atoms with van der Waals surface area (Å²) >= 11 is 6.09. The van der Waals surface area contributed by atoms with E-state index in [-0.39, 0.29) is 0 Å². The summed E-state index contributed by atoms with van der Waals surface area (Å²) in [5.41, 5.74) is 1.88. The lowest BCUT2D eigenvalue weighted by Crippen LogP contribution is -2.36. The average molecular weight is 453 g/mol. The summed E-state index contributed by atoms with van der Waals surface area (Å²) < 4.78 is 5.29. The minimum Gasteiger partial charge on any atom is -0.497 e. The molecule has 0 aliphatic carbocycles. The molecule has 3 rings (SSSR count). The molecular formula is C27H33ClN2O2. The van der Waals surface area contributed by atoms with Crippen LogP contribution in [0, 0.1) is 0 Å². The molecule has 0 heterocycles. The van der Waals surface area contributed by atoms with Crippen LogP contribution in [-0.4, -0.2) is 55.7 Å². The van der Waals surface area contributed by atoms with Crippen LogP contribution in [0.15, 0.2) is 78.9 Å². The van der Waals surface area contributed by atoms with Crippen molar-refractivity contribution in [1.82, 2.24) is 9.80 Å². The Balaban J connectivity index is 1.64. The number of halogens is 1. The zero-order valence-electron chi connectivity index (χ0n) is 19.2. The van der Waals surface area contributed by atoms with Crippen LogP contribution in [-0.2, 0) is 12.1 Å². The van der Waals surface area contributed by atoms with Gasteiger partial charge in [0.25, 0.3) is 0 Å². The quantitative estimate of drug-likeness (QED) is 0.442. The van der Waals surface area contributed by atoms with Gasteiger partial charge in [0.15, 0.2) is 0 Å². The number of likely N-dealkylation sites (N-methyl/N-ethyl adjacent to an activating group) is 2. The Morgan fingerprint density at radius 3 is 1.94 bits per heavy atom. The monoisotopic (exact) mass is 452 g/mol. The van der Waals surface area contributed by atoms with Gasteiger partial charge in [-0.05, 0) is 61.5 Å². The summed E-state index contributed by atoms with van der Waals surface area (Å²) in [5, 5.41) is 12.5. The lowest BCUT2D eigenvalue weighted by Gasteiger charge is -2.32. The summed E-state index contributed by atoms with van der Waals surface area (Å²) in [4.78, 5) is 4.59. The number of hydrogen-bond donors (Lipinski definition) is 1. The number of hydrogen-bond acceptors (Lipinski definition) is 4. The maximum atomic E-state index is 11.8. The van der Waals surface area contributed by atoms with Gasteiger partial charge in [-0.15, -0.1) is 0 Å². The number of rotatable bonds is 11. The highest BCUT2D eigenvalue weighted by Crippen LogP contribution is 2.34. The Hall–Kier alpha value is -2.37. The molecule has 4 nitrogen and oxygen atoms in total. The molecule has 170 valence electrons. The standard InChI is InChI=1S/C27H33ClN2O2/c1-29(19-20-30(2)21-22-7-5-4-6-8-22)18-17-27(31,23-9-13-25(28)14-10-23)24-11-15-26(32-3)16-12-24/h4-16,31H,17-21H2,1-3H3. The van der Waals surface area contributed by atoms with Gasteiger partial charge in [0.2, 0.25) is 0 Å². The molecular weight excluding hydrogens is 420 g/mol. The first-order valence-corrected chi connectivity index (χ1v) is 11.3. The molecule has 0 amide bonds. The second-order valence-corrected chi connectivity index (χ2v) is 8.81. The van der Waals surface area contributed by atoms with Crippen molar-refractivity contribution >= 4 is 11.6 Å². The third kappa shape index (κ3) is 6.57. The summed E-state index contributed by atoms with van der Waals surface area (Å²) in [5.74, 6) is 0.769. The fourth-order valence-corrected chi connectivity index (χ4v) is 3.95. The van der Waals surface area contributed by atoms with E-state index in [0.717, 1.165) is 43.1 Å². The number of nitrogens with zero attached hydrogens (tertiary/aromatic N) is 2. The fourth-order valence-electron chi connectivity index (χ4n) is 3.83. The van der Waals surface area contributed by atoms with Crippen LogP contribution >= 0.6 is 11.6 Å².